The van der Waals surface area contributed by atoms with E-state index < -0.39 is 0 Å². The Kier molecular flexibility index (Phi) is 4.80. The summed E-state index contributed by atoms with van der Waals surface area (Å²) in [6, 6.07) is 0. The summed E-state index contributed by atoms with van der Waals surface area (Å²) in [5.74, 6) is 1.79. The topological polar surface area (TPSA) is 79.4 Å². The molecule has 1 spiro atoms. The lowest BCUT2D eigenvalue weighted by atomic mass is 9.80. The van der Waals surface area contributed by atoms with Crippen LogP contribution in [0.25, 0.3) is 0 Å². The van der Waals surface area contributed by atoms with Gasteiger partial charge in [0.2, 0.25) is 5.95 Å². The van der Waals surface area contributed by atoms with E-state index in [9.17, 15) is 0 Å². The lowest BCUT2D eigenvalue weighted by molar-refractivity contribution is -0.00584. The number of nitrogens with zero attached hydrogens (tertiary/aromatic N) is 5. The highest BCUT2D eigenvalue weighted by atomic mass is 16.5. The summed E-state index contributed by atoms with van der Waals surface area (Å²) in [6.07, 6.45) is 5.35. The number of imidazole rings is 1. The summed E-state index contributed by atoms with van der Waals surface area (Å²) in [7, 11) is 0. The Balaban J connectivity index is 1.39. The predicted molar refractivity (Wildman–Crippen MR) is 109 cm³/mol. The third kappa shape index (κ3) is 3.65. The molecule has 0 unspecified atom stereocenters. The highest BCUT2D eigenvalue weighted by molar-refractivity contribution is 5.39. The third-order valence-electron chi connectivity index (χ3n) is 6.27. The van der Waals surface area contributed by atoms with Crippen LogP contribution < -0.4 is 4.90 Å². The van der Waals surface area contributed by atoms with Crippen LogP contribution in [0.3, 0.4) is 0 Å². The van der Waals surface area contributed by atoms with Gasteiger partial charge >= 0.3 is 0 Å². The molecule has 8 heteroatoms. The number of H-pyrrole nitrogens is 1. The highest BCUT2D eigenvalue weighted by Gasteiger charge is 2.45. The van der Waals surface area contributed by atoms with Crippen molar-refractivity contribution >= 4 is 5.95 Å². The Morgan fingerprint density at radius 2 is 2.03 bits per heavy atom. The molecule has 156 valence electrons. The van der Waals surface area contributed by atoms with Crippen LogP contribution in [0.2, 0.25) is 0 Å². The molecule has 0 radical (unpaired) electrons. The zero-order valence-electron chi connectivity index (χ0n) is 17.5. The largest absolute Gasteiger partial charge is 0.376 e. The second kappa shape index (κ2) is 7.34. The maximum atomic E-state index is 6.00. The van der Waals surface area contributed by atoms with Gasteiger partial charge in [-0.25, -0.2) is 15.0 Å². The summed E-state index contributed by atoms with van der Waals surface area (Å²) in [5.41, 5.74) is 3.43. The molecule has 3 aliphatic rings. The fourth-order valence-corrected chi connectivity index (χ4v) is 5.08. The van der Waals surface area contributed by atoms with Gasteiger partial charge in [0.05, 0.1) is 36.5 Å². The van der Waals surface area contributed by atoms with E-state index in [2.05, 4.69) is 38.6 Å². The standard InChI is InChI=1S/C21H30N6O2/c1-14-8-27(9-15(2)29-14)20-23-6-17-11-28-13-21(19(17)25-20)4-5-26(12-21)10-18-7-22-16(3)24-18/h6-7,14-15H,4-5,8-13H2,1-3H3,(H,22,24)/t14-,15-,21+/m0/s1. The summed E-state index contributed by atoms with van der Waals surface area (Å²) in [5, 5.41) is 0. The number of aromatic nitrogens is 4. The molecule has 1 N–H and O–H groups in total. The summed E-state index contributed by atoms with van der Waals surface area (Å²) in [6.45, 7) is 12.1. The van der Waals surface area contributed by atoms with E-state index in [1.807, 2.05) is 19.3 Å². The van der Waals surface area contributed by atoms with E-state index in [4.69, 9.17) is 14.5 Å². The Hall–Kier alpha value is -2.03. The quantitative estimate of drug-likeness (QED) is 0.844. The predicted octanol–water partition coefficient (Wildman–Crippen LogP) is 1.80. The first-order valence-electron chi connectivity index (χ1n) is 10.6. The number of anilines is 1. The number of morpholine rings is 1. The van der Waals surface area contributed by atoms with E-state index in [0.29, 0.717) is 6.61 Å². The van der Waals surface area contributed by atoms with Crippen LogP contribution in [0.15, 0.2) is 12.4 Å². The highest BCUT2D eigenvalue weighted by Crippen LogP contribution is 2.40. The zero-order valence-corrected chi connectivity index (χ0v) is 17.5. The lowest BCUT2D eigenvalue weighted by Crippen LogP contribution is -2.47. The van der Waals surface area contributed by atoms with E-state index in [1.165, 1.54) is 5.69 Å². The van der Waals surface area contributed by atoms with Crippen LogP contribution in [0.1, 0.15) is 43.0 Å². The van der Waals surface area contributed by atoms with Gasteiger partial charge in [-0.05, 0) is 33.7 Å². The van der Waals surface area contributed by atoms with Crippen molar-refractivity contribution in [2.75, 3.05) is 37.7 Å². The fourth-order valence-electron chi connectivity index (χ4n) is 5.08. The van der Waals surface area contributed by atoms with Gasteiger partial charge in [0.15, 0.2) is 0 Å². The molecule has 3 aliphatic heterocycles. The van der Waals surface area contributed by atoms with E-state index in [-0.39, 0.29) is 17.6 Å². The van der Waals surface area contributed by atoms with Gasteiger partial charge < -0.3 is 19.4 Å². The van der Waals surface area contributed by atoms with Crippen molar-refractivity contribution < 1.29 is 9.47 Å². The SMILES string of the molecule is Cc1ncc(CN2CC[C@]3(COCc4cnc(N5C[C@H](C)O[C@@H](C)C5)nc43)C2)[nH]1. The zero-order chi connectivity index (χ0) is 20.0. The number of aromatic amines is 1. The van der Waals surface area contributed by atoms with Crippen LogP contribution in [-0.4, -0.2) is 69.8 Å². The van der Waals surface area contributed by atoms with E-state index in [0.717, 1.165) is 68.8 Å². The minimum Gasteiger partial charge on any atom is -0.376 e. The first-order valence-corrected chi connectivity index (χ1v) is 10.6. The van der Waals surface area contributed by atoms with Crippen LogP contribution in [0.4, 0.5) is 5.95 Å². The maximum absolute atomic E-state index is 6.00. The number of nitrogens with one attached hydrogen (secondary N) is 1. The molecule has 2 aromatic rings. The Morgan fingerprint density at radius 3 is 2.79 bits per heavy atom. The van der Waals surface area contributed by atoms with Gasteiger partial charge in [-0.1, -0.05) is 0 Å². The second-order valence-corrected chi connectivity index (χ2v) is 8.93. The van der Waals surface area contributed by atoms with Crippen LogP contribution in [0.5, 0.6) is 0 Å². The minimum absolute atomic E-state index is 0.0517. The van der Waals surface area contributed by atoms with E-state index >= 15 is 0 Å². The molecule has 8 nitrogen and oxygen atoms in total. The van der Waals surface area contributed by atoms with Crippen molar-refractivity contribution in [1.29, 1.82) is 0 Å². The Morgan fingerprint density at radius 1 is 1.21 bits per heavy atom. The monoisotopic (exact) mass is 398 g/mol. The molecular formula is C21H30N6O2. The van der Waals surface area contributed by atoms with Gasteiger partial charge in [-0.15, -0.1) is 0 Å². The third-order valence-corrected chi connectivity index (χ3v) is 6.27. The Bertz CT molecular complexity index is 876. The molecule has 0 bridgehead atoms. The molecule has 0 aromatic carbocycles. The average molecular weight is 399 g/mol. The molecule has 2 aromatic heterocycles. The lowest BCUT2D eigenvalue weighted by Gasteiger charge is -2.38. The number of likely N-dealkylation sites (tertiary alicyclic amines) is 1. The van der Waals surface area contributed by atoms with Gasteiger partial charge in [0, 0.05) is 49.8 Å². The number of ether oxygens (including phenoxy) is 2. The number of fused-ring (bicyclic) bond motifs is 2. The Labute approximate surface area is 171 Å². The minimum atomic E-state index is -0.0517. The number of hydrogen-bond acceptors (Lipinski definition) is 7. The van der Waals surface area contributed by atoms with Crippen molar-refractivity contribution in [3.05, 3.63) is 35.2 Å². The summed E-state index contributed by atoms with van der Waals surface area (Å²) in [4.78, 5) is 22.2. The summed E-state index contributed by atoms with van der Waals surface area (Å²) >= 11 is 0. The number of rotatable bonds is 3. The van der Waals surface area contributed by atoms with Crippen LogP contribution in [-0.2, 0) is 28.0 Å². The van der Waals surface area contributed by atoms with Crippen molar-refractivity contribution in [1.82, 2.24) is 24.8 Å². The molecule has 5 heterocycles. The second-order valence-electron chi connectivity index (χ2n) is 8.93. The molecule has 3 atom stereocenters. The molecule has 2 saturated heterocycles. The molecule has 2 fully saturated rings. The maximum Gasteiger partial charge on any atom is 0.225 e. The number of aryl methyl sites for hydroxylation is 1. The number of hydrogen-bond donors (Lipinski definition) is 1. The molecule has 29 heavy (non-hydrogen) atoms. The van der Waals surface area contributed by atoms with Crippen molar-refractivity contribution in [3.8, 4) is 0 Å². The molecule has 0 saturated carbocycles. The van der Waals surface area contributed by atoms with Gasteiger partial charge in [0.1, 0.15) is 5.82 Å². The first kappa shape index (κ1) is 19.0. The fraction of sp³-hybridized carbons (Fsp3) is 0.667. The molecule has 0 aliphatic carbocycles. The molecule has 0 amide bonds. The average Bonchev–Trinajstić information content (AvgIpc) is 3.28. The van der Waals surface area contributed by atoms with Crippen molar-refractivity contribution in [2.24, 2.45) is 0 Å². The van der Waals surface area contributed by atoms with Gasteiger partial charge in [-0.2, -0.15) is 0 Å². The van der Waals surface area contributed by atoms with Crippen LogP contribution >= 0.6 is 0 Å². The van der Waals surface area contributed by atoms with Crippen LogP contribution in [0, 0.1) is 6.92 Å². The van der Waals surface area contributed by atoms with Crippen molar-refractivity contribution in [2.45, 2.75) is 58.0 Å². The van der Waals surface area contributed by atoms with Gasteiger partial charge in [-0.3, -0.25) is 4.90 Å². The van der Waals surface area contributed by atoms with E-state index in [1.54, 1.807) is 0 Å². The normalized spacial score (nSPS) is 30.1. The van der Waals surface area contributed by atoms with Gasteiger partial charge in [0.25, 0.3) is 0 Å². The first-order chi connectivity index (χ1) is 14.0. The smallest absolute Gasteiger partial charge is 0.225 e. The summed E-state index contributed by atoms with van der Waals surface area (Å²) < 4.78 is 11.9. The molecular weight excluding hydrogens is 368 g/mol. The molecule has 5 rings (SSSR count). The van der Waals surface area contributed by atoms with Crippen molar-refractivity contribution in [3.63, 3.8) is 0 Å².